The molecule has 3 aromatic rings. The first kappa shape index (κ1) is 20.1. The lowest BCUT2D eigenvalue weighted by molar-refractivity contribution is 0.0479. The first-order valence-electron chi connectivity index (χ1n) is 10.5. The molecule has 1 aliphatic carbocycles. The second-order valence-corrected chi connectivity index (χ2v) is 8.58. The van der Waals surface area contributed by atoms with Gasteiger partial charge in [-0.05, 0) is 49.1 Å². The van der Waals surface area contributed by atoms with Crippen LogP contribution in [0.3, 0.4) is 0 Å². The van der Waals surface area contributed by atoms with Crippen LogP contribution in [0.25, 0.3) is 5.69 Å². The second-order valence-electron chi connectivity index (χ2n) is 8.20. The zero-order valence-electron chi connectivity index (χ0n) is 17.3. The normalized spacial score (nSPS) is 20.4. The highest BCUT2D eigenvalue weighted by Crippen LogP contribution is 2.41. The molecule has 1 aromatic heterocycles. The lowest BCUT2D eigenvalue weighted by Gasteiger charge is -2.26. The summed E-state index contributed by atoms with van der Waals surface area (Å²) >= 11 is 6.71. The maximum atomic E-state index is 13.2. The number of halogens is 1. The summed E-state index contributed by atoms with van der Waals surface area (Å²) in [6.07, 6.45) is 6.27. The number of amides is 1. The number of hydrogen-bond acceptors (Lipinski definition) is 4. The number of benzene rings is 2. The number of carbonyl (C=O) groups excluding carboxylic acids is 1. The number of hydrogen-bond donors (Lipinski definition) is 1. The van der Waals surface area contributed by atoms with E-state index in [-0.39, 0.29) is 11.9 Å². The average Bonchev–Trinajstić information content (AvgIpc) is 3.51. The highest BCUT2D eigenvalue weighted by Gasteiger charge is 2.40. The summed E-state index contributed by atoms with van der Waals surface area (Å²) in [5.41, 5.74) is 4.35. The van der Waals surface area contributed by atoms with Crippen LogP contribution in [0.1, 0.15) is 46.3 Å². The van der Waals surface area contributed by atoms with E-state index in [4.69, 9.17) is 16.3 Å². The fraction of sp³-hybridized carbons (Fsp3) is 0.333. The van der Waals surface area contributed by atoms with Crippen molar-refractivity contribution >= 4 is 17.5 Å². The third kappa shape index (κ3) is 3.50. The Labute approximate surface area is 186 Å². The Morgan fingerprint density at radius 3 is 2.71 bits per heavy atom. The van der Waals surface area contributed by atoms with E-state index in [2.05, 4.69) is 5.10 Å². The van der Waals surface area contributed by atoms with Crippen molar-refractivity contribution in [2.45, 2.75) is 44.4 Å². The Hall–Kier alpha value is -2.83. The number of methoxy groups -OCH3 is 1. The van der Waals surface area contributed by atoms with E-state index in [1.807, 2.05) is 42.6 Å². The van der Waals surface area contributed by atoms with E-state index >= 15 is 0 Å². The maximum absolute atomic E-state index is 13.2. The first-order chi connectivity index (χ1) is 15.1. The van der Waals surface area contributed by atoms with Crippen LogP contribution < -0.4 is 4.74 Å². The van der Waals surface area contributed by atoms with Crippen LogP contribution in [0.4, 0.5) is 0 Å². The van der Waals surface area contributed by atoms with Crippen LogP contribution >= 0.6 is 11.6 Å². The molecule has 1 N–H and O–H groups in total. The topological polar surface area (TPSA) is 67.6 Å². The van der Waals surface area contributed by atoms with Crippen molar-refractivity contribution < 1.29 is 14.6 Å². The van der Waals surface area contributed by atoms with Crippen molar-refractivity contribution in [3.8, 4) is 11.4 Å². The number of aromatic nitrogens is 2. The lowest BCUT2D eigenvalue weighted by atomic mass is 9.98. The van der Waals surface area contributed by atoms with Crippen LogP contribution in [0.2, 0.25) is 5.02 Å². The summed E-state index contributed by atoms with van der Waals surface area (Å²) in [5, 5.41) is 15.0. The predicted molar refractivity (Wildman–Crippen MR) is 118 cm³/mol. The van der Waals surface area contributed by atoms with Crippen molar-refractivity contribution in [2.75, 3.05) is 7.11 Å². The van der Waals surface area contributed by atoms with Crippen LogP contribution in [0.5, 0.6) is 5.75 Å². The SMILES string of the molecule is COc1c(Cc2ccc(-n3cccn3)cc2)cc2c(c1Cl)CN([C@H]1CCC[C@@H]1O)C2=O. The van der Waals surface area contributed by atoms with Gasteiger partial charge in [-0.1, -0.05) is 23.7 Å². The zero-order valence-corrected chi connectivity index (χ0v) is 18.0. The number of nitrogens with zero attached hydrogens (tertiary/aromatic N) is 3. The molecule has 2 atom stereocenters. The van der Waals surface area contributed by atoms with Gasteiger partial charge in [-0.25, -0.2) is 4.68 Å². The predicted octanol–water partition coefficient (Wildman–Crippen LogP) is 3.99. The van der Waals surface area contributed by atoms with Gasteiger partial charge >= 0.3 is 0 Å². The minimum atomic E-state index is -0.466. The number of carbonyl (C=O) groups is 1. The second kappa shape index (κ2) is 8.02. The van der Waals surface area contributed by atoms with Crippen molar-refractivity contribution in [3.63, 3.8) is 0 Å². The molecule has 1 aliphatic heterocycles. The molecule has 2 aromatic carbocycles. The molecule has 2 aliphatic rings. The van der Waals surface area contributed by atoms with E-state index in [0.29, 0.717) is 29.3 Å². The van der Waals surface area contributed by atoms with E-state index in [0.717, 1.165) is 41.6 Å². The van der Waals surface area contributed by atoms with Crippen molar-refractivity contribution in [2.24, 2.45) is 0 Å². The third-order valence-corrected chi connectivity index (χ3v) is 6.77. The van der Waals surface area contributed by atoms with Gasteiger partial charge < -0.3 is 14.7 Å². The molecule has 0 unspecified atom stereocenters. The van der Waals surface area contributed by atoms with Gasteiger partial charge in [0.25, 0.3) is 5.91 Å². The standard InChI is InChI=1S/C24H24ClN3O3/c1-31-23-16(12-15-6-8-17(9-7-15)28-11-3-10-26-28)13-18-19(22(23)25)14-27(24(18)30)20-4-2-5-21(20)29/h3,6-11,13,20-21,29H,2,4-5,12,14H2,1H3/t20-,21-/m0/s1. The summed E-state index contributed by atoms with van der Waals surface area (Å²) in [7, 11) is 1.60. The molecule has 5 rings (SSSR count). The molecule has 31 heavy (non-hydrogen) atoms. The molecule has 7 heteroatoms. The van der Waals surface area contributed by atoms with E-state index in [9.17, 15) is 9.90 Å². The number of ether oxygens (including phenoxy) is 1. The number of aliphatic hydroxyl groups excluding tert-OH is 1. The van der Waals surface area contributed by atoms with Gasteiger partial charge in [-0.15, -0.1) is 0 Å². The van der Waals surface area contributed by atoms with Gasteiger partial charge in [-0.2, -0.15) is 5.10 Å². The van der Waals surface area contributed by atoms with Gasteiger partial charge in [0.15, 0.2) is 0 Å². The summed E-state index contributed by atoms with van der Waals surface area (Å²) in [6, 6.07) is 11.8. The van der Waals surface area contributed by atoms with Crippen LogP contribution in [-0.2, 0) is 13.0 Å². The molecule has 0 saturated heterocycles. The number of rotatable bonds is 5. The third-order valence-electron chi connectivity index (χ3n) is 6.37. The summed E-state index contributed by atoms with van der Waals surface area (Å²) < 4.78 is 7.45. The molecule has 6 nitrogen and oxygen atoms in total. The summed E-state index contributed by atoms with van der Waals surface area (Å²) in [4.78, 5) is 14.9. The Bertz CT molecular complexity index is 1110. The Morgan fingerprint density at radius 1 is 1.26 bits per heavy atom. The lowest BCUT2D eigenvalue weighted by Crippen LogP contribution is -2.40. The molecule has 2 heterocycles. The maximum Gasteiger partial charge on any atom is 0.254 e. The summed E-state index contributed by atoms with van der Waals surface area (Å²) in [6.45, 7) is 0.421. The molecule has 1 fully saturated rings. The van der Waals surface area contributed by atoms with Crippen molar-refractivity contribution in [1.82, 2.24) is 14.7 Å². The van der Waals surface area contributed by atoms with Gasteiger partial charge in [0, 0.05) is 42.0 Å². The van der Waals surface area contributed by atoms with Gasteiger partial charge in [-0.3, -0.25) is 4.79 Å². The molecular formula is C24H24ClN3O3. The quantitative estimate of drug-likeness (QED) is 0.655. The van der Waals surface area contributed by atoms with Gasteiger partial charge in [0.2, 0.25) is 0 Å². The van der Waals surface area contributed by atoms with Gasteiger partial charge in [0.1, 0.15) is 5.75 Å². The average molecular weight is 438 g/mol. The van der Waals surface area contributed by atoms with Crippen molar-refractivity contribution in [1.29, 1.82) is 0 Å². The first-order valence-corrected chi connectivity index (χ1v) is 10.9. The minimum absolute atomic E-state index is 0.0548. The van der Waals surface area contributed by atoms with E-state index < -0.39 is 6.10 Å². The highest BCUT2D eigenvalue weighted by atomic mass is 35.5. The molecule has 0 bridgehead atoms. The zero-order chi connectivity index (χ0) is 21.5. The molecule has 1 saturated carbocycles. The minimum Gasteiger partial charge on any atom is -0.495 e. The van der Waals surface area contributed by atoms with Crippen LogP contribution in [0, 0.1) is 0 Å². The fourth-order valence-corrected chi connectivity index (χ4v) is 5.14. The largest absolute Gasteiger partial charge is 0.495 e. The van der Waals surface area contributed by atoms with Crippen LogP contribution in [0.15, 0.2) is 48.8 Å². The van der Waals surface area contributed by atoms with Gasteiger partial charge in [0.05, 0.1) is 30.0 Å². The monoisotopic (exact) mass is 437 g/mol. The van der Waals surface area contributed by atoms with Crippen LogP contribution in [-0.4, -0.2) is 44.9 Å². The van der Waals surface area contributed by atoms with E-state index in [1.54, 1.807) is 22.9 Å². The molecule has 0 spiro atoms. The molecular weight excluding hydrogens is 414 g/mol. The smallest absolute Gasteiger partial charge is 0.254 e. The number of fused-ring (bicyclic) bond motifs is 1. The Kier molecular flexibility index (Phi) is 5.20. The van der Waals surface area contributed by atoms with Crippen molar-refractivity contribution in [3.05, 3.63) is 76.1 Å². The fourth-order valence-electron chi connectivity index (χ4n) is 4.78. The highest BCUT2D eigenvalue weighted by molar-refractivity contribution is 6.33. The molecule has 160 valence electrons. The number of aliphatic hydroxyl groups is 1. The molecule has 0 radical (unpaired) electrons. The summed E-state index contributed by atoms with van der Waals surface area (Å²) in [5.74, 6) is 0.555. The molecule has 1 amide bonds. The Balaban J connectivity index is 1.45. The Morgan fingerprint density at radius 2 is 2.06 bits per heavy atom. The van der Waals surface area contributed by atoms with E-state index in [1.165, 1.54) is 0 Å².